The molecule has 1 aromatic carbocycles. The number of nitrogens with one attached hydrogen (secondary N) is 1. The van der Waals surface area contributed by atoms with E-state index in [2.05, 4.69) is 5.32 Å². The second kappa shape index (κ2) is 5.16. The summed E-state index contributed by atoms with van der Waals surface area (Å²) in [7, 11) is 0. The zero-order valence-electron chi connectivity index (χ0n) is 10.3. The van der Waals surface area contributed by atoms with E-state index in [0.717, 1.165) is 12.1 Å². The van der Waals surface area contributed by atoms with Crippen LogP contribution in [0, 0.1) is 0 Å². The van der Waals surface area contributed by atoms with Crippen LogP contribution in [0.1, 0.15) is 29.8 Å². The maximum atomic E-state index is 12.5. The predicted octanol–water partition coefficient (Wildman–Crippen LogP) is 2.50. The fourth-order valence-corrected chi connectivity index (χ4v) is 1.31. The van der Waals surface area contributed by atoms with E-state index in [1.165, 1.54) is 12.1 Å². The Morgan fingerprint density at radius 1 is 1.32 bits per heavy atom. The molecule has 0 fully saturated rings. The quantitative estimate of drug-likeness (QED) is 0.841. The minimum absolute atomic E-state index is 0.0489. The van der Waals surface area contributed by atoms with Crippen molar-refractivity contribution in [2.75, 3.05) is 0 Å². The van der Waals surface area contributed by atoms with Gasteiger partial charge < -0.3 is 11.1 Å². The number of hydrogen-bond donors (Lipinski definition) is 2. The van der Waals surface area contributed by atoms with Crippen molar-refractivity contribution in [3.05, 3.63) is 35.4 Å². The van der Waals surface area contributed by atoms with Gasteiger partial charge in [0.2, 0.25) is 0 Å². The zero-order valence-corrected chi connectivity index (χ0v) is 11.2. The van der Waals surface area contributed by atoms with E-state index in [1.807, 2.05) is 0 Å². The molecule has 0 atom stereocenters. The number of thiocarbonyl (C=S) groups is 1. The lowest BCUT2D eigenvalue weighted by atomic mass is 10.0. The fourth-order valence-electron chi connectivity index (χ4n) is 1.25. The summed E-state index contributed by atoms with van der Waals surface area (Å²) in [6, 6.07) is 4.15. The molecule has 3 N–H and O–H groups in total. The first-order valence-corrected chi connectivity index (χ1v) is 5.74. The molecule has 0 spiro atoms. The average Bonchev–Trinajstić information content (AvgIpc) is 2.27. The first-order chi connectivity index (χ1) is 8.54. The minimum atomic E-state index is -4.49. The molecule has 1 amide bonds. The Morgan fingerprint density at radius 3 is 2.37 bits per heavy atom. The van der Waals surface area contributed by atoms with Crippen molar-refractivity contribution in [2.45, 2.75) is 25.6 Å². The van der Waals surface area contributed by atoms with Crippen molar-refractivity contribution >= 4 is 23.1 Å². The van der Waals surface area contributed by atoms with Crippen LogP contribution < -0.4 is 11.1 Å². The van der Waals surface area contributed by atoms with Crippen LogP contribution in [-0.4, -0.2) is 16.4 Å². The maximum Gasteiger partial charge on any atom is 0.416 e. The third kappa shape index (κ3) is 3.92. The number of carbonyl (C=O) groups is 1. The third-order valence-corrected chi connectivity index (χ3v) is 3.00. The summed E-state index contributed by atoms with van der Waals surface area (Å²) in [5, 5.41) is 2.48. The van der Waals surface area contributed by atoms with Crippen LogP contribution in [0.15, 0.2) is 24.3 Å². The number of benzene rings is 1. The summed E-state index contributed by atoms with van der Waals surface area (Å²) >= 11 is 4.77. The number of nitrogens with two attached hydrogens (primary N) is 1. The summed E-state index contributed by atoms with van der Waals surface area (Å²) in [4.78, 5) is 11.9. The van der Waals surface area contributed by atoms with Gasteiger partial charge in [-0.15, -0.1) is 0 Å². The van der Waals surface area contributed by atoms with Gasteiger partial charge >= 0.3 is 6.18 Å². The SMILES string of the molecule is CC(C)(NC(=O)c1cccc(C(F)(F)F)c1)C(N)=S. The molecule has 0 aromatic heterocycles. The highest BCUT2D eigenvalue weighted by Gasteiger charge is 2.31. The minimum Gasteiger partial charge on any atom is -0.391 e. The monoisotopic (exact) mass is 290 g/mol. The molecule has 0 saturated carbocycles. The van der Waals surface area contributed by atoms with Crippen molar-refractivity contribution in [2.24, 2.45) is 5.73 Å². The van der Waals surface area contributed by atoms with Gasteiger partial charge in [-0.1, -0.05) is 18.3 Å². The van der Waals surface area contributed by atoms with Gasteiger partial charge in [-0.2, -0.15) is 13.2 Å². The number of carbonyl (C=O) groups excluding carboxylic acids is 1. The molecule has 0 bridgehead atoms. The van der Waals surface area contributed by atoms with Gasteiger partial charge in [0, 0.05) is 5.56 Å². The highest BCUT2D eigenvalue weighted by molar-refractivity contribution is 7.80. The van der Waals surface area contributed by atoms with Crippen LogP contribution in [0.5, 0.6) is 0 Å². The smallest absolute Gasteiger partial charge is 0.391 e. The van der Waals surface area contributed by atoms with E-state index in [4.69, 9.17) is 18.0 Å². The van der Waals surface area contributed by atoms with Gasteiger partial charge in [0.15, 0.2) is 0 Å². The first-order valence-electron chi connectivity index (χ1n) is 5.34. The van der Waals surface area contributed by atoms with Crippen molar-refractivity contribution < 1.29 is 18.0 Å². The highest BCUT2D eigenvalue weighted by Crippen LogP contribution is 2.29. The number of rotatable bonds is 3. The van der Waals surface area contributed by atoms with Gasteiger partial charge in [-0.25, -0.2) is 0 Å². The van der Waals surface area contributed by atoms with E-state index in [0.29, 0.717) is 0 Å². The lowest BCUT2D eigenvalue weighted by Crippen LogP contribution is -2.52. The Morgan fingerprint density at radius 2 is 1.89 bits per heavy atom. The van der Waals surface area contributed by atoms with E-state index in [9.17, 15) is 18.0 Å². The topological polar surface area (TPSA) is 55.1 Å². The molecule has 0 heterocycles. The molecule has 0 saturated heterocycles. The molecule has 19 heavy (non-hydrogen) atoms. The van der Waals surface area contributed by atoms with Gasteiger partial charge in [-0.05, 0) is 32.0 Å². The molecule has 7 heteroatoms. The summed E-state index contributed by atoms with van der Waals surface area (Å²) in [6.07, 6.45) is -4.49. The maximum absolute atomic E-state index is 12.5. The molecule has 0 radical (unpaired) electrons. The molecule has 0 aliphatic carbocycles. The molecular formula is C12H13F3N2OS. The zero-order chi connectivity index (χ0) is 14.8. The normalized spacial score (nSPS) is 12.1. The molecule has 0 aliphatic heterocycles. The second-order valence-corrected chi connectivity index (χ2v) is 4.96. The molecule has 3 nitrogen and oxygen atoms in total. The number of alkyl halides is 3. The molecule has 1 aromatic rings. The lowest BCUT2D eigenvalue weighted by molar-refractivity contribution is -0.137. The molecule has 0 unspecified atom stereocenters. The fraction of sp³-hybridized carbons (Fsp3) is 0.333. The Labute approximate surface area is 114 Å². The first kappa shape index (κ1) is 15.4. The van der Waals surface area contributed by atoms with Crippen LogP contribution in [0.25, 0.3) is 0 Å². The van der Waals surface area contributed by atoms with Crippen LogP contribution in [0.2, 0.25) is 0 Å². The molecule has 104 valence electrons. The molecule has 1 rings (SSSR count). The van der Waals surface area contributed by atoms with Gasteiger partial charge in [0.25, 0.3) is 5.91 Å². The number of amides is 1. The molecule has 0 aliphatic rings. The summed E-state index contributed by atoms with van der Waals surface area (Å²) in [5.74, 6) is -0.663. The average molecular weight is 290 g/mol. The number of halogens is 3. The Hall–Kier alpha value is -1.63. The van der Waals surface area contributed by atoms with Crippen molar-refractivity contribution in [1.29, 1.82) is 0 Å². The summed E-state index contributed by atoms with van der Waals surface area (Å²) in [5.41, 5.74) is 3.48. The van der Waals surface area contributed by atoms with E-state index < -0.39 is 23.2 Å². The van der Waals surface area contributed by atoms with Crippen LogP contribution in [-0.2, 0) is 6.18 Å². The van der Waals surface area contributed by atoms with Crippen LogP contribution in [0.4, 0.5) is 13.2 Å². The molecular weight excluding hydrogens is 277 g/mol. The van der Waals surface area contributed by atoms with Crippen LogP contribution >= 0.6 is 12.2 Å². The van der Waals surface area contributed by atoms with E-state index in [1.54, 1.807) is 13.8 Å². The lowest BCUT2D eigenvalue weighted by Gasteiger charge is -2.24. The summed E-state index contributed by atoms with van der Waals surface area (Å²) in [6.45, 7) is 3.14. The largest absolute Gasteiger partial charge is 0.416 e. The van der Waals surface area contributed by atoms with Gasteiger partial charge in [0.1, 0.15) is 0 Å². The predicted molar refractivity (Wildman–Crippen MR) is 69.8 cm³/mol. The Kier molecular flexibility index (Phi) is 4.19. The second-order valence-electron chi connectivity index (χ2n) is 4.52. The Balaban J connectivity index is 2.99. The van der Waals surface area contributed by atoms with Crippen molar-refractivity contribution in [1.82, 2.24) is 5.32 Å². The third-order valence-electron chi connectivity index (χ3n) is 2.49. The van der Waals surface area contributed by atoms with Crippen molar-refractivity contribution in [3.63, 3.8) is 0 Å². The number of hydrogen-bond acceptors (Lipinski definition) is 2. The van der Waals surface area contributed by atoms with Crippen LogP contribution in [0.3, 0.4) is 0 Å². The Bertz CT molecular complexity index is 512. The van der Waals surface area contributed by atoms with Gasteiger partial charge in [-0.3, -0.25) is 4.79 Å². The van der Waals surface area contributed by atoms with Gasteiger partial charge in [0.05, 0.1) is 16.1 Å². The van der Waals surface area contributed by atoms with E-state index in [-0.39, 0.29) is 10.6 Å². The standard InChI is InChI=1S/C12H13F3N2OS/c1-11(2,10(16)19)17-9(18)7-4-3-5-8(6-7)12(13,14)15/h3-6H,1-2H3,(H2,16,19)(H,17,18). The highest BCUT2D eigenvalue weighted by atomic mass is 32.1. The van der Waals surface area contributed by atoms with Crippen molar-refractivity contribution in [3.8, 4) is 0 Å². The van der Waals surface area contributed by atoms with E-state index >= 15 is 0 Å². The summed E-state index contributed by atoms with van der Waals surface area (Å²) < 4.78 is 37.6.